The Morgan fingerprint density at radius 1 is 1.11 bits per heavy atom. The van der Waals surface area contributed by atoms with Crippen LogP contribution in [-0.2, 0) is 9.53 Å². The normalized spacial score (nSPS) is 12.2. The van der Waals surface area contributed by atoms with E-state index in [2.05, 4.69) is 49.2 Å². The highest BCUT2D eigenvalue weighted by Gasteiger charge is 2.35. The van der Waals surface area contributed by atoms with Crippen LogP contribution in [0.15, 0.2) is 83.4 Å². The van der Waals surface area contributed by atoms with E-state index in [0.717, 1.165) is 8.04 Å². The smallest absolute Gasteiger partial charge is 0.412 e. The maximum atomic E-state index is 12.8. The summed E-state index contributed by atoms with van der Waals surface area (Å²) in [6.07, 6.45) is 2.97. The van der Waals surface area contributed by atoms with Crippen molar-refractivity contribution in [2.45, 2.75) is 32.8 Å². The number of carbonyl (C=O) groups excluding carboxylic acids is 2. The summed E-state index contributed by atoms with van der Waals surface area (Å²) >= 11 is 5.53. The molecule has 3 aromatic carbocycles. The number of para-hydroxylation sites is 2. The molecule has 1 atom stereocenters. The molecule has 0 spiro atoms. The third-order valence-electron chi connectivity index (χ3n) is 5.74. The fourth-order valence-electron chi connectivity index (χ4n) is 3.73. The number of ether oxygens (including phenoxy) is 1. The number of nitrogen functional groups attached to an aromatic ring is 1. The monoisotopic (exact) mass is 677 g/mol. The first-order chi connectivity index (χ1) is 17.5. The number of rotatable bonds is 9. The van der Waals surface area contributed by atoms with E-state index in [1.165, 1.54) is 6.08 Å². The van der Waals surface area contributed by atoms with Gasteiger partial charge in [0, 0.05) is 24.7 Å². The van der Waals surface area contributed by atoms with Gasteiger partial charge in [0.05, 0.1) is 11.4 Å². The molecule has 0 aliphatic rings. The Balaban J connectivity index is 1.71. The first kappa shape index (κ1) is 28.5. The van der Waals surface area contributed by atoms with Crippen molar-refractivity contribution >= 4 is 67.6 Å². The molecule has 0 unspecified atom stereocenters. The average Bonchev–Trinajstić information content (AvgIpc) is 2.85. The quantitative estimate of drug-likeness (QED) is 0.106. The molecule has 0 heterocycles. The number of aromatic hydroxyl groups is 1. The number of halogens is 2. The van der Waals surface area contributed by atoms with Gasteiger partial charge < -0.3 is 20.9 Å². The molecular formula is C28H29BrIN3O4. The lowest BCUT2D eigenvalue weighted by atomic mass is 9.78. The molecule has 7 nitrogen and oxygen atoms in total. The van der Waals surface area contributed by atoms with Gasteiger partial charge in [-0.15, -0.1) is 0 Å². The number of hydrogen-bond donors (Lipinski definition) is 4. The van der Waals surface area contributed by atoms with E-state index in [1.807, 2.05) is 32.0 Å². The van der Waals surface area contributed by atoms with Gasteiger partial charge in [0.1, 0.15) is 11.9 Å². The highest BCUT2D eigenvalue weighted by molar-refractivity contribution is 14.1. The van der Waals surface area contributed by atoms with Crippen LogP contribution in [0, 0.1) is 8.99 Å². The number of allylic oxidation sites excluding steroid dienone is 1. The number of anilines is 3. The fourth-order valence-corrected chi connectivity index (χ4v) is 4.51. The third-order valence-corrected chi connectivity index (χ3v) is 6.94. The van der Waals surface area contributed by atoms with Crippen molar-refractivity contribution in [2.24, 2.45) is 5.41 Å². The Bertz CT molecular complexity index is 1280. The van der Waals surface area contributed by atoms with Crippen LogP contribution in [0.1, 0.15) is 38.4 Å². The van der Waals surface area contributed by atoms with Crippen LogP contribution < -0.4 is 16.4 Å². The van der Waals surface area contributed by atoms with E-state index in [-0.39, 0.29) is 11.7 Å². The number of amides is 2. The molecule has 37 heavy (non-hydrogen) atoms. The molecule has 194 valence electrons. The number of hydrogen-bond acceptors (Lipinski definition) is 5. The number of nitrogens with one attached hydrogen (secondary N) is 2. The Kier molecular flexibility index (Phi) is 9.99. The van der Waals surface area contributed by atoms with Crippen molar-refractivity contribution in [2.75, 3.05) is 16.4 Å². The van der Waals surface area contributed by atoms with Crippen molar-refractivity contribution in [1.29, 1.82) is 0 Å². The van der Waals surface area contributed by atoms with Gasteiger partial charge in [0.15, 0.2) is 0 Å². The van der Waals surface area contributed by atoms with Crippen LogP contribution in [0.2, 0.25) is 0 Å². The maximum Gasteiger partial charge on any atom is 0.412 e. The summed E-state index contributed by atoms with van der Waals surface area (Å²) in [5.41, 5.74) is 7.45. The summed E-state index contributed by atoms with van der Waals surface area (Å²) in [7, 11) is 0. The highest BCUT2D eigenvalue weighted by Crippen LogP contribution is 2.44. The number of phenols is 1. The molecule has 0 saturated carbocycles. The van der Waals surface area contributed by atoms with E-state index in [1.54, 1.807) is 54.6 Å². The van der Waals surface area contributed by atoms with Crippen LogP contribution in [0.5, 0.6) is 5.75 Å². The molecule has 0 saturated heterocycles. The lowest BCUT2D eigenvalue weighted by Gasteiger charge is -2.34. The van der Waals surface area contributed by atoms with Crippen LogP contribution >= 0.6 is 38.5 Å². The molecule has 9 heteroatoms. The van der Waals surface area contributed by atoms with Gasteiger partial charge in [-0.2, -0.15) is 0 Å². The zero-order valence-corrected chi connectivity index (χ0v) is 24.2. The van der Waals surface area contributed by atoms with E-state index in [4.69, 9.17) is 10.5 Å². The molecule has 2 amide bonds. The third kappa shape index (κ3) is 8.50. The Labute approximate surface area is 238 Å². The maximum absolute atomic E-state index is 12.8. The first-order valence-electron chi connectivity index (χ1n) is 11.6. The van der Waals surface area contributed by atoms with Crippen molar-refractivity contribution in [3.05, 3.63) is 92.5 Å². The number of carbonyl (C=O) groups is 2. The van der Waals surface area contributed by atoms with E-state index >= 15 is 0 Å². The SMILES string of the molecule is CC(C)(CC/C=C/C(=O)Nc1ccccc1N)[C@@H](OC(=O)Nc1ccc(Br)cc1)c1cc(I)ccc1O. The lowest BCUT2D eigenvalue weighted by molar-refractivity contribution is -0.111. The summed E-state index contributed by atoms with van der Waals surface area (Å²) in [5.74, 6) is -0.238. The van der Waals surface area contributed by atoms with Gasteiger partial charge in [0.25, 0.3) is 0 Å². The number of phenolic OH excluding ortho intramolecular Hbond substituents is 1. The van der Waals surface area contributed by atoms with Gasteiger partial charge in [-0.1, -0.05) is 48.0 Å². The zero-order chi connectivity index (χ0) is 27.0. The van der Waals surface area contributed by atoms with Crippen molar-refractivity contribution in [3.63, 3.8) is 0 Å². The van der Waals surface area contributed by atoms with Gasteiger partial charge in [-0.3, -0.25) is 10.1 Å². The molecule has 3 rings (SSSR count). The summed E-state index contributed by atoms with van der Waals surface area (Å²) in [6, 6.07) is 19.4. The topological polar surface area (TPSA) is 114 Å². The van der Waals surface area contributed by atoms with E-state index in [9.17, 15) is 14.7 Å². The van der Waals surface area contributed by atoms with Crippen molar-refractivity contribution in [3.8, 4) is 5.75 Å². The first-order valence-corrected chi connectivity index (χ1v) is 13.5. The molecule has 5 N–H and O–H groups in total. The Morgan fingerprint density at radius 2 is 1.81 bits per heavy atom. The fraction of sp³-hybridized carbons (Fsp3) is 0.214. The number of nitrogens with two attached hydrogens (primary N) is 1. The molecule has 0 aliphatic heterocycles. The van der Waals surface area contributed by atoms with Gasteiger partial charge in [-0.05, 0) is 96.1 Å². The highest BCUT2D eigenvalue weighted by atomic mass is 127. The Hall–Kier alpha value is -3.05. The molecule has 0 fully saturated rings. The molecule has 3 aromatic rings. The second kappa shape index (κ2) is 13.0. The minimum atomic E-state index is -0.746. The summed E-state index contributed by atoms with van der Waals surface area (Å²) < 4.78 is 7.69. The predicted octanol–water partition coefficient (Wildman–Crippen LogP) is 7.63. The van der Waals surface area contributed by atoms with Crippen LogP contribution in [0.4, 0.5) is 21.9 Å². The van der Waals surface area contributed by atoms with Crippen LogP contribution in [-0.4, -0.2) is 17.1 Å². The average molecular weight is 678 g/mol. The molecule has 0 radical (unpaired) electrons. The molecule has 0 bridgehead atoms. The van der Waals surface area contributed by atoms with Gasteiger partial charge in [-0.25, -0.2) is 4.79 Å². The molecule has 0 aliphatic carbocycles. The largest absolute Gasteiger partial charge is 0.508 e. The van der Waals surface area contributed by atoms with E-state index in [0.29, 0.717) is 35.5 Å². The summed E-state index contributed by atoms with van der Waals surface area (Å²) in [6.45, 7) is 3.92. The predicted molar refractivity (Wildman–Crippen MR) is 159 cm³/mol. The second-order valence-electron chi connectivity index (χ2n) is 9.13. The molecular weight excluding hydrogens is 649 g/mol. The van der Waals surface area contributed by atoms with Crippen LogP contribution in [0.3, 0.4) is 0 Å². The lowest BCUT2D eigenvalue weighted by Crippen LogP contribution is -2.29. The zero-order valence-electron chi connectivity index (χ0n) is 20.5. The van der Waals surface area contributed by atoms with Gasteiger partial charge in [0.2, 0.25) is 5.91 Å². The molecule has 0 aromatic heterocycles. The van der Waals surface area contributed by atoms with Gasteiger partial charge >= 0.3 is 6.09 Å². The summed E-state index contributed by atoms with van der Waals surface area (Å²) in [4.78, 5) is 25.1. The van der Waals surface area contributed by atoms with Crippen LogP contribution in [0.25, 0.3) is 0 Å². The Morgan fingerprint density at radius 3 is 2.51 bits per heavy atom. The standard InChI is InChI=1S/C28H29BrIN3O4/c1-28(2,16-6-5-9-25(35)33-23-8-4-3-7-22(23)31)26(21-17-19(30)12-15-24(21)34)37-27(36)32-20-13-10-18(29)11-14-20/h3-5,7-15,17,26,34H,6,16,31H2,1-2H3,(H,32,36)(H,33,35)/b9-5+/t26-/m0/s1. The summed E-state index contributed by atoms with van der Waals surface area (Å²) in [5, 5.41) is 16.1. The van der Waals surface area contributed by atoms with E-state index < -0.39 is 17.6 Å². The van der Waals surface area contributed by atoms with Crippen molar-refractivity contribution in [1.82, 2.24) is 0 Å². The number of benzene rings is 3. The minimum absolute atomic E-state index is 0.0466. The van der Waals surface area contributed by atoms with Crippen molar-refractivity contribution < 1.29 is 19.4 Å². The minimum Gasteiger partial charge on any atom is -0.508 e. The second-order valence-corrected chi connectivity index (χ2v) is 11.3.